The second kappa shape index (κ2) is 9.61. The van der Waals surface area contributed by atoms with Gasteiger partial charge in [0.15, 0.2) is 0 Å². The van der Waals surface area contributed by atoms with Crippen molar-refractivity contribution >= 4 is 23.6 Å². The summed E-state index contributed by atoms with van der Waals surface area (Å²) < 4.78 is 6.07. The number of hydrogen-bond acceptors (Lipinski definition) is 5. The van der Waals surface area contributed by atoms with Gasteiger partial charge in [0.1, 0.15) is 11.5 Å². The van der Waals surface area contributed by atoms with Crippen LogP contribution in [-0.4, -0.2) is 45.5 Å². The lowest BCUT2D eigenvalue weighted by Crippen LogP contribution is -2.46. The first-order valence-corrected chi connectivity index (χ1v) is 14.4. The van der Waals surface area contributed by atoms with Crippen LogP contribution in [0.4, 0.5) is 0 Å². The average Bonchev–Trinajstić information content (AvgIpc) is 3.30. The molecular formula is C32H36N2O5. The Balaban J connectivity index is 1.23. The van der Waals surface area contributed by atoms with Crippen molar-refractivity contribution in [2.75, 3.05) is 0 Å². The largest absolute Gasteiger partial charge is 0.457 e. The Labute approximate surface area is 229 Å². The number of rotatable bonds is 4. The van der Waals surface area contributed by atoms with Gasteiger partial charge in [-0.2, -0.15) is 0 Å². The van der Waals surface area contributed by atoms with Gasteiger partial charge in [0.25, 0.3) is 23.6 Å². The molecule has 0 unspecified atom stereocenters. The molecule has 0 aromatic heterocycles. The number of carbonyl (C=O) groups excluding carboxylic acids is 4. The summed E-state index contributed by atoms with van der Waals surface area (Å²) in [7, 11) is 0. The molecular weight excluding hydrogens is 492 g/mol. The van der Waals surface area contributed by atoms with Crippen LogP contribution in [0.2, 0.25) is 0 Å². The first-order valence-electron chi connectivity index (χ1n) is 14.4. The van der Waals surface area contributed by atoms with Crippen LogP contribution in [0.3, 0.4) is 0 Å². The number of amides is 4. The van der Waals surface area contributed by atoms with Crippen molar-refractivity contribution in [3.8, 4) is 11.5 Å². The SMILES string of the molecule is C[C@@H]1CC[C@H](C)[C@H](N2C(=O)c3ccc(Oc4ccc5c(c4)C(=O)N([C@@H]4C[C@@H](C)CC[C@@H]4C)C5=O)cc3C2=O)C1. The van der Waals surface area contributed by atoms with Crippen LogP contribution in [0.25, 0.3) is 0 Å². The highest BCUT2D eigenvalue weighted by Gasteiger charge is 2.45. The van der Waals surface area contributed by atoms with E-state index in [1.807, 2.05) is 0 Å². The van der Waals surface area contributed by atoms with E-state index in [4.69, 9.17) is 4.74 Å². The lowest BCUT2D eigenvalue weighted by molar-refractivity contribution is 0.0435. The molecule has 6 atom stereocenters. The monoisotopic (exact) mass is 528 g/mol. The van der Waals surface area contributed by atoms with Crippen LogP contribution >= 0.6 is 0 Å². The number of ether oxygens (including phenoxy) is 1. The molecule has 7 heteroatoms. The van der Waals surface area contributed by atoms with Gasteiger partial charge in [-0.1, -0.05) is 40.5 Å². The van der Waals surface area contributed by atoms with Crippen LogP contribution in [0, 0.1) is 23.7 Å². The van der Waals surface area contributed by atoms with Gasteiger partial charge in [-0.15, -0.1) is 0 Å². The van der Waals surface area contributed by atoms with Gasteiger partial charge in [0.05, 0.1) is 22.3 Å². The van der Waals surface area contributed by atoms with Crippen LogP contribution < -0.4 is 4.74 Å². The molecule has 39 heavy (non-hydrogen) atoms. The van der Waals surface area contributed by atoms with Crippen LogP contribution in [-0.2, 0) is 0 Å². The molecule has 2 aliphatic heterocycles. The molecule has 7 nitrogen and oxygen atoms in total. The van der Waals surface area contributed by atoms with Crippen molar-refractivity contribution in [3.63, 3.8) is 0 Å². The molecule has 2 aliphatic carbocycles. The highest BCUT2D eigenvalue weighted by atomic mass is 16.5. The van der Waals surface area contributed by atoms with E-state index in [-0.39, 0.29) is 47.5 Å². The summed E-state index contributed by atoms with van der Waals surface area (Å²) in [6, 6.07) is 9.70. The maximum absolute atomic E-state index is 13.4. The molecule has 2 aromatic carbocycles. The van der Waals surface area contributed by atoms with Crippen molar-refractivity contribution < 1.29 is 23.9 Å². The van der Waals surface area contributed by atoms with Gasteiger partial charge in [-0.3, -0.25) is 29.0 Å². The lowest BCUT2D eigenvalue weighted by Gasteiger charge is -2.37. The first-order chi connectivity index (χ1) is 18.6. The third kappa shape index (κ3) is 4.26. The molecule has 2 fully saturated rings. The zero-order valence-corrected chi connectivity index (χ0v) is 23.1. The van der Waals surface area contributed by atoms with Gasteiger partial charge in [0.2, 0.25) is 0 Å². The summed E-state index contributed by atoms with van der Waals surface area (Å²) in [5.74, 6) is 1.29. The summed E-state index contributed by atoms with van der Waals surface area (Å²) in [6.07, 6.45) is 5.89. The summed E-state index contributed by atoms with van der Waals surface area (Å²) >= 11 is 0. The van der Waals surface area contributed by atoms with E-state index in [0.29, 0.717) is 45.6 Å². The summed E-state index contributed by atoms with van der Waals surface area (Å²) in [6.45, 7) is 8.58. The van der Waals surface area contributed by atoms with Crippen LogP contribution in [0.5, 0.6) is 11.5 Å². The van der Waals surface area contributed by atoms with Crippen molar-refractivity contribution in [1.29, 1.82) is 0 Å². The Morgan fingerprint density at radius 3 is 1.36 bits per heavy atom. The minimum absolute atomic E-state index is 0.0939. The second-order valence-electron chi connectivity index (χ2n) is 12.4. The standard InChI is InChI=1S/C32H36N2O5/c1-17-5-7-19(3)27(13-17)33-29(35)23-11-9-21(15-25(23)31(33)37)39-22-10-12-24-26(16-22)32(38)34(30(24)36)28-14-18(2)6-8-20(28)4/h9-12,15-20,27-28H,5-8,13-14H2,1-4H3/t17-,18+,19-,20-,27+,28+/m0/s1. The van der Waals surface area contributed by atoms with Crippen molar-refractivity contribution in [2.24, 2.45) is 23.7 Å². The molecule has 4 aliphatic rings. The number of benzene rings is 2. The van der Waals surface area contributed by atoms with Gasteiger partial charge < -0.3 is 4.74 Å². The maximum atomic E-state index is 13.4. The number of nitrogens with zero attached hydrogens (tertiary/aromatic N) is 2. The number of imide groups is 2. The van der Waals surface area contributed by atoms with E-state index in [1.54, 1.807) is 36.4 Å². The molecule has 0 N–H and O–H groups in total. The highest BCUT2D eigenvalue weighted by molar-refractivity contribution is 6.22. The Hall–Kier alpha value is -3.48. The predicted octanol–water partition coefficient (Wildman–Crippen LogP) is 6.32. The molecule has 2 heterocycles. The van der Waals surface area contributed by atoms with Crippen LogP contribution in [0.15, 0.2) is 36.4 Å². The molecule has 4 amide bonds. The molecule has 204 valence electrons. The van der Waals surface area contributed by atoms with E-state index >= 15 is 0 Å². The fourth-order valence-electron chi connectivity index (χ4n) is 7.07. The van der Waals surface area contributed by atoms with Crippen molar-refractivity contribution in [3.05, 3.63) is 58.7 Å². The Morgan fingerprint density at radius 1 is 0.564 bits per heavy atom. The molecule has 2 saturated carbocycles. The van der Waals surface area contributed by atoms with E-state index in [1.165, 1.54) is 9.80 Å². The summed E-state index contributed by atoms with van der Waals surface area (Å²) in [5.41, 5.74) is 1.50. The normalized spacial score (nSPS) is 30.6. The predicted molar refractivity (Wildman–Crippen MR) is 146 cm³/mol. The zero-order chi connectivity index (χ0) is 27.6. The highest BCUT2D eigenvalue weighted by Crippen LogP contribution is 2.40. The Morgan fingerprint density at radius 2 is 0.949 bits per heavy atom. The minimum atomic E-state index is -0.271. The topological polar surface area (TPSA) is 84.0 Å². The van der Waals surface area contributed by atoms with E-state index in [2.05, 4.69) is 27.7 Å². The third-order valence-corrected chi connectivity index (χ3v) is 9.51. The average molecular weight is 529 g/mol. The zero-order valence-electron chi connectivity index (χ0n) is 23.1. The molecule has 2 aromatic rings. The third-order valence-electron chi connectivity index (χ3n) is 9.51. The Bertz CT molecular complexity index is 1280. The van der Waals surface area contributed by atoms with Crippen molar-refractivity contribution in [2.45, 2.75) is 78.3 Å². The number of fused-ring (bicyclic) bond motifs is 2. The number of hydrogen-bond donors (Lipinski definition) is 0. The summed E-state index contributed by atoms with van der Waals surface area (Å²) in [5, 5.41) is 0. The molecule has 0 bridgehead atoms. The molecule has 0 spiro atoms. The quantitative estimate of drug-likeness (QED) is 0.434. The summed E-state index contributed by atoms with van der Waals surface area (Å²) in [4.78, 5) is 56.1. The van der Waals surface area contributed by atoms with Crippen LogP contribution in [0.1, 0.15) is 108 Å². The maximum Gasteiger partial charge on any atom is 0.261 e. The van der Waals surface area contributed by atoms with E-state index in [9.17, 15) is 19.2 Å². The van der Waals surface area contributed by atoms with Gasteiger partial charge in [-0.05, 0) is 85.8 Å². The fraction of sp³-hybridized carbons (Fsp3) is 0.500. The molecule has 6 rings (SSSR count). The first kappa shape index (κ1) is 25.8. The lowest BCUT2D eigenvalue weighted by atomic mass is 9.79. The van der Waals surface area contributed by atoms with Gasteiger partial charge in [-0.25, -0.2) is 0 Å². The minimum Gasteiger partial charge on any atom is -0.457 e. The van der Waals surface area contributed by atoms with Gasteiger partial charge in [0, 0.05) is 12.1 Å². The van der Waals surface area contributed by atoms with Crippen molar-refractivity contribution in [1.82, 2.24) is 9.80 Å². The smallest absolute Gasteiger partial charge is 0.261 e. The van der Waals surface area contributed by atoms with Gasteiger partial charge >= 0.3 is 0 Å². The van der Waals surface area contributed by atoms with E-state index < -0.39 is 0 Å². The fourth-order valence-corrected chi connectivity index (χ4v) is 7.07. The second-order valence-corrected chi connectivity index (χ2v) is 12.4. The molecule has 0 radical (unpaired) electrons. The Kier molecular flexibility index (Phi) is 6.35. The number of carbonyl (C=O) groups is 4. The van der Waals surface area contributed by atoms with E-state index in [0.717, 1.165) is 38.5 Å². The molecule has 0 saturated heterocycles.